The zero-order valence-electron chi connectivity index (χ0n) is 13.9. The zero-order chi connectivity index (χ0) is 18.4. The molecule has 0 aliphatic heterocycles. The van der Waals surface area contributed by atoms with Gasteiger partial charge in [0.05, 0.1) is 26.9 Å². The van der Waals surface area contributed by atoms with Gasteiger partial charge in [-0.1, -0.05) is 35.3 Å². The van der Waals surface area contributed by atoms with E-state index < -0.39 is 11.5 Å². The second-order valence-corrected chi connectivity index (χ2v) is 7.02. The maximum atomic E-state index is 12.6. The number of carbonyl (C=O) groups excluding carboxylic acids is 1. The van der Waals surface area contributed by atoms with Gasteiger partial charge in [-0.05, 0) is 26.8 Å². The molecule has 2 N–H and O–H groups in total. The third kappa shape index (κ3) is 3.23. The molecule has 0 bridgehead atoms. The molecule has 0 aliphatic carbocycles. The standard InChI is InChI=1S/C18H16Cl2N2O3/c1-9-15(18(2,3)24)10-5-4-6-13(16(10)25-9)22-17(23)14-11(19)7-21-8-12(14)20/h4-8,24H,1-3H3,(H,22,23). The fourth-order valence-corrected chi connectivity index (χ4v) is 3.45. The lowest BCUT2D eigenvalue weighted by Gasteiger charge is -2.17. The van der Waals surface area contributed by atoms with Gasteiger partial charge in [-0.2, -0.15) is 0 Å². The van der Waals surface area contributed by atoms with E-state index in [4.69, 9.17) is 27.6 Å². The maximum Gasteiger partial charge on any atom is 0.258 e. The first-order valence-corrected chi connectivity index (χ1v) is 8.31. The maximum absolute atomic E-state index is 12.6. The topological polar surface area (TPSA) is 75.4 Å². The molecule has 3 rings (SSSR count). The minimum atomic E-state index is -1.07. The third-order valence-electron chi connectivity index (χ3n) is 3.83. The highest BCUT2D eigenvalue weighted by Gasteiger charge is 2.26. The van der Waals surface area contributed by atoms with Gasteiger partial charge in [0, 0.05) is 23.3 Å². The number of pyridine rings is 1. The van der Waals surface area contributed by atoms with Crippen molar-refractivity contribution in [2.75, 3.05) is 5.32 Å². The van der Waals surface area contributed by atoms with Crippen molar-refractivity contribution < 1.29 is 14.3 Å². The van der Waals surface area contributed by atoms with Gasteiger partial charge < -0.3 is 14.8 Å². The van der Waals surface area contributed by atoms with Gasteiger partial charge in [0.1, 0.15) is 5.76 Å². The summed E-state index contributed by atoms with van der Waals surface area (Å²) in [7, 11) is 0. The van der Waals surface area contributed by atoms with Crippen LogP contribution >= 0.6 is 23.2 Å². The highest BCUT2D eigenvalue weighted by molar-refractivity contribution is 6.40. The fourth-order valence-electron chi connectivity index (χ4n) is 2.91. The largest absolute Gasteiger partial charge is 0.459 e. The molecule has 3 aromatic rings. The molecule has 5 nitrogen and oxygen atoms in total. The van der Waals surface area contributed by atoms with Gasteiger partial charge in [0.25, 0.3) is 5.91 Å². The summed E-state index contributed by atoms with van der Waals surface area (Å²) < 4.78 is 5.80. The number of anilines is 1. The SMILES string of the molecule is Cc1oc2c(NC(=O)c3c(Cl)cncc3Cl)cccc2c1C(C)(C)O. The first-order valence-electron chi connectivity index (χ1n) is 7.55. The number of para-hydroxylation sites is 1. The molecular formula is C18H16Cl2N2O3. The van der Waals surface area contributed by atoms with Crippen LogP contribution in [0, 0.1) is 6.92 Å². The van der Waals surface area contributed by atoms with Gasteiger partial charge in [-0.15, -0.1) is 0 Å². The molecule has 0 unspecified atom stereocenters. The number of nitrogens with one attached hydrogen (secondary N) is 1. The van der Waals surface area contributed by atoms with Crippen LogP contribution in [0.3, 0.4) is 0 Å². The number of amides is 1. The highest BCUT2D eigenvalue weighted by Crippen LogP contribution is 2.37. The Bertz CT molecular complexity index is 954. The van der Waals surface area contributed by atoms with Crippen LogP contribution < -0.4 is 5.32 Å². The van der Waals surface area contributed by atoms with Crippen LogP contribution in [0.4, 0.5) is 5.69 Å². The van der Waals surface area contributed by atoms with Gasteiger partial charge in [0.2, 0.25) is 0 Å². The lowest BCUT2D eigenvalue weighted by atomic mass is 9.95. The van der Waals surface area contributed by atoms with Crippen LogP contribution in [0.25, 0.3) is 11.0 Å². The molecule has 1 amide bonds. The number of fused-ring (bicyclic) bond motifs is 1. The van der Waals surface area contributed by atoms with Crippen molar-refractivity contribution in [1.29, 1.82) is 0 Å². The van der Waals surface area contributed by atoms with Crippen molar-refractivity contribution in [3.63, 3.8) is 0 Å². The van der Waals surface area contributed by atoms with E-state index in [-0.39, 0.29) is 15.6 Å². The molecule has 0 saturated carbocycles. The van der Waals surface area contributed by atoms with E-state index in [1.54, 1.807) is 32.9 Å². The Hall–Kier alpha value is -2.08. The van der Waals surface area contributed by atoms with Crippen LogP contribution in [0.2, 0.25) is 10.0 Å². The van der Waals surface area contributed by atoms with Crippen LogP contribution in [0.5, 0.6) is 0 Å². The van der Waals surface area contributed by atoms with Crippen LogP contribution in [0.1, 0.15) is 35.5 Å². The van der Waals surface area contributed by atoms with E-state index in [0.29, 0.717) is 22.6 Å². The Morgan fingerprint density at radius 2 is 1.88 bits per heavy atom. The molecule has 0 atom stereocenters. The normalized spacial score (nSPS) is 11.8. The first-order chi connectivity index (χ1) is 11.7. The second-order valence-electron chi connectivity index (χ2n) is 6.21. The smallest absolute Gasteiger partial charge is 0.258 e. The number of aliphatic hydroxyl groups is 1. The van der Waals surface area contributed by atoms with Gasteiger partial charge in [-0.3, -0.25) is 9.78 Å². The predicted molar refractivity (Wildman–Crippen MR) is 98.4 cm³/mol. The quantitative estimate of drug-likeness (QED) is 0.677. The molecule has 2 heterocycles. The lowest BCUT2D eigenvalue weighted by molar-refractivity contribution is 0.0783. The minimum absolute atomic E-state index is 0.140. The summed E-state index contributed by atoms with van der Waals surface area (Å²) in [6.45, 7) is 5.15. The van der Waals surface area contributed by atoms with Crippen molar-refractivity contribution in [1.82, 2.24) is 4.98 Å². The molecule has 0 fully saturated rings. The molecule has 0 spiro atoms. The fraction of sp³-hybridized carbons (Fsp3) is 0.222. The summed E-state index contributed by atoms with van der Waals surface area (Å²) in [4.78, 5) is 16.4. The number of halogens is 2. The summed E-state index contributed by atoms with van der Waals surface area (Å²) in [5.74, 6) is 0.118. The van der Waals surface area contributed by atoms with E-state index in [1.807, 2.05) is 6.07 Å². The molecule has 25 heavy (non-hydrogen) atoms. The summed E-state index contributed by atoms with van der Waals surface area (Å²) in [6, 6.07) is 5.32. The van der Waals surface area contributed by atoms with Crippen molar-refractivity contribution in [3.05, 3.63) is 57.5 Å². The van der Waals surface area contributed by atoms with Gasteiger partial charge in [-0.25, -0.2) is 0 Å². The first kappa shape index (κ1) is 17.7. The number of furan rings is 1. The average Bonchev–Trinajstić information content (AvgIpc) is 2.84. The van der Waals surface area contributed by atoms with Gasteiger partial charge in [0.15, 0.2) is 5.58 Å². The van der Waals surface area contributed by atoms with Crippen molar-refractivity contribution in [2.24, 2.45) is 0 Å². The number of aromatic nitrogens is 1. The predicted octanol–water partition coefficient (Wildman–Crippen LogP) is 4.92. The lowest BCUT2D eigenvalue weighted by Crippen LogP contribution is -2.16. The molecule has 0 radical (unpaired) electrons. The van der Waals surface area contributed by atoms with E-state index in [1.165, 1.54) is 12.4 Å². The van der Waals surface area contributed by atoms with Crippen molar-refractivity contribution >= 4 is 45.8 Å². The number of nitrogens with zero attached hydrogens (tertiary/aromatic N) is 1. The summed E-state index contributed by atoms with van der Waals surface area (Å²) in [5, 5.41) is 14.2. The number of hydrogen-bond acceptors (Lipinski definition) is 4. The molecular weight excluding hydrogens is 363 g/mol. The number of benzene rings is 1. The van der Waals surface area contributed by atoms with Gasteiger partial charge >= 0.3 is 0 Å². The van der Waals surface area contributed by atoms with Crippen LogP contribution in [0.15, 0.2) is 35.0 Å². The number of aryl methyl sites for hydroxylation is 1. The number of hydrogen-bond donors (Lipinski definition) is 2. The van der Waals surface area contributed by atoms with Crippen molar-refractivity contribution in [2.45, 2.75) is 26.4 Å². The molecule has 1 aromatic carbocycles. The minimum Gasteiger partial charge on any atom is -0.459 e. The van der Waals surface area contributed by atoms with E-state index >= 15 is 0 Å². The number of carbonyl (C=O) groups is 1. The summed E-state index contributed by atoms with van der Waals surface area (Å²) >= 11 is 12.1. The molecule has 2 aromatic heterocycles. The monoisotopic (exact) mass is 378 g/mol. The molecule has 130 valence electrons. The van der Waals surface area contributed by atoms with Crippen LogP contribution in [-0.2, 0) is 5.60 Å². The Labute approximate surface area is 154 Å². The van der Waals surface area contributed by atoms with E-state index in [0.717, 1.165) is 5.39 Å². The third-order valence-corrected chi connectivity index (χ3v) is 4.41. The summed E-state index contributed by atoms with van der Waals surface area (Å²) in [6.07, 6.45) is 2.71. The van der Waals surface area contributed by atoms with E-state index in [9.17, 15) is 9.90 Å². The molecule has 0 aliphatic rings. The highest BCUT2D eigenvalue weighted by atomic mass is 35.5. The molecule has 0 saturated heterocycles. The Morgan fingerprint density at radius 1 is 1.24 bits per heavy atom. The van der Waals surface area contributed by atoms with Crippen LogP contribution in [-0.4, -0.2) is 16.0 Å². The van der Waals surface area contributed by atoms with E-state index in [2.05, 4.69) is 10.3 Å². The Morgan fingerprint density at radius 3 is 2.48 bits per heavy atom. The average molecular weight is 379 g/mol. The zero-order valence-corrected chi connectivity index (χ0v) is 15.4. The number of rotatable bonds is 3. The Balaban J connectivity index is 2.07. The Kier molecular flexibility index (Phi) is 4.49. The second kappa shape index (κ2) is 6.33. The summed E-state index contributed by atoms with van der Waals surface area (Å²) in [5.41, 5.74) is 0.687. The van der Waals surface area contributed by atoms with Crippen molar-refractivity contribution in [3.8, 4) is 0 Å². The molecule has 7 heteroatoms.